The molecule has 4 aliphatic rings. The van der Waals surface area contributed by atoms with E-state index in [0.717, 1.165) is 18.4 Å². The highest BCUT2D eigenvalue weighted by molar-refractivity contribution is 5.79. The monoisotopic (exact) mass is 435 g/mol. The molecule has 0 saturated heterocycles. The molecule has 0 bridgehead atoms. The van der Waals surface area contributed by atoms with Crippen molar-refractivity contribution in [1.82, 2.24) is 0 Å². The van der Waals surface area contributed by atoms with Gasteiger partial charge in [-0.3, -0.25) is 0 Å². The normalized spacial score (nSPS) is 36.6. The van der Waals surface area contributed by atoms with E-state index in [-0.39, 0.29) is 11.0 Å². The smallest absolute Gasteiger partial charge is 0.0967 e. The summed E-state index contributed by atoms with van der Waals surface area (Å²) in [6, 6.07) is 8.65. The SMILES string of the molecule is COC[C@]1(OC)CCC2C3CCC4=CCCCC4=C3[C@@H](c3ccc(/C=N/O)cc3)C[C@@]21C. The van der Waals surface area contributed by atoms with Gasteiger partial charge in [0.2, 0.25) is 0 Å². The van der Waals surface area contributed by atoms with Crippen LogP contribution in [0.25, 0.3) is 0 Å². The van der Waals surface area contributed by atoms with Gasteiger partial charge in [0.1, 0.15) is 0 Å². The minimum Gasteiger partial charge on any atom is -0.411 e. The fourth-order valence-corrected chi connectivity index (χ4v) is 7.89. The summed E-state index contributed by atoms with van der Waals surface area (Å²) in [5.74, 6) is 1.69. The molecule has 32 heavy (non-hydrogen) atoms. The largest absolute Gasteiger partial charge is 0.411 e. The summed E-state index contributed by atoms with van der Waals surface area (Å²) in [6.45, 7) is 3.15. The average Bonchev–Trinajstić information content (AvgIpc) is 3.11. The Morgan fingerprint density at radius 1 is 1.16 bits per heavy atom. The maximum atomic E-state index is 8.92. The molecule has 5 rings (SSSR count). The topological polar surface area (TPSA) is 51.0 Å². The van der Waals surface area contributed by atoms with Crippen molar-refractivity contribution in [1.29, 1.82) is 0 Å². The van der Waals surface area contributed by atoms with E-state index in [1.54, 1.807) is 16.7 Å². The molecule has 0 aliphatic heterocycles. The summed E-state index contributed by atoms with van der Waals surface area (Å²) in [4.78, 5) is 0. The van der Waals surface area contributed by atoms with Crippen molar-refractivity contribution in [2.45, 2.75) is 69.8 Å². The molecule has 0 spiro atoms. The number of hydrogen-bond acceptors (Lipinski definition) is 4. The van der Waals surface area contributed by atoms with Crippen molar-refractivity contribution in [3.05, 3.63) is 58.2 Å². The molecule has 0 aromatic heterocycles. The summed E-state index contributed by atoms with van der Waals surface area (Å²) in [5, 5.41) is 12.1. The highest BCUT2D eigenvalue weighted by Gasteiger charge is 2.63. The van der Waals surface area contributed by atoms with E-state index in [2.05, 4.69) is 42.4 Å². The van der Waals surface area contributed by atoms with Crippen molar-refractivity contribution in [2.75, 3.05) is 20.8 Å². The van der Waals surface area contributed by atoms with E-state index in [1.807, 2.05) is 14.2 Å². The summed E-state index contributed by atoms with van der Waals surface area (Å²) in [7, 11) is 3.70. The molecule has 0 heterocycles. The quantitative estimate of drug-likeness (QED) is 0.338. The number of benzene rings is 1. The molecule has 0 amide bonds. The van der Waals surface area contributed by atoms with Crippen LogP contribution in [0.2, 0.25) is 0 Å². The standard InChI is InChI=1S/C28H37NO3/c1-27-16-24(21-10-8-19(9-11-21)17-29-30)26-22-7-5-4-6-20(22)12-13-23(26)25(27)14-15-28(27,32-3)18-31-2/h6,8-11,17,23-25,30H,4-5,7,12-16,18H2,1-3H3/b29-17+/t23?,24-,25?,27+,28-/m1/s1. The van der Waals surface area contributed by atoms with Crippen LogP contribution >= 0.6 is 0 Å². The van der Waals surface area contributed by atoms with Gasteiger partial charge < -0.3 is 14.7 Å². The van der Waals surface area contributed by atoms with Gasteiger partial charge in [0, 0.05) is 25.6 Å². The zero-order valence-electron chi connectivity index (χ0n) is 19.8. The number of methoxy groups -OCH3 is 2. The van der Waals surface area contributed by atoms with Gasteiger partial charge in [-0.1, -0.05) is 48.0 Å². The second-order valence-corrected chi connectivity index (χ2v) is 10.6. The Balaban J connectivity index is 1.64. The minimum absolute atomic E-state index is 0.0816. The first-order valence-corrected chi connectivity index (χ1v) is 12.3. The first-order valence-electron chi connectivity index (χ1n) is 12.3. The van der Waals surface area contributed by atoms with Crippen molar-refractivity contribution in [3.8, 4) is 0 Å². The Hall–Kier alpha value is -1.91. The van der Waals surface area contributed by atoms with Crippen molar-refractivity contribution >= 4 is 6.21 Å². The molecule has 172 valence electrons. The van der Waals surface area contributed by atoms with E-state index in [9.17, 15) is 0 Å². The predicted molar refractivity (Wildman–Crippen MR) is 127 cm³/mol. The number of fused-ring (bicyclic) bond motifs is 4. The molecule has 4 aliphatic carbocycles. The van der Waals surface area contributed by atoms with Crippen molar-refractivity contribution < 1.29 is 14.7 Å². The molecule has 2 fully saturated rings. The second kappa shape index (κ2) is 8.46. The number of oxime groups is 1. The first kappa shape index (κ1) is 21.9. The van der Waals surface area contributed by atoms with Gasteiger partial charge in [-0.2, -0.15) is 0 Å². The van der Waals surface area contributed by atoms with Crippen molar-refractivity contribution in [3.63, 3.8) is 0 Å². The van der Waals surface area contributed by atoms with Crippen LogP contribution in [-0.4, -0.2) is 37.8 Å². The Morgan fingerprint density at radius 2 is 1.97 bits per heavy atom. The van der Waals surface area contributed by atoms with E-state index >= 15 is 0 Å². The molecule has 0 radical (unpaired) electrons. The minimum atomic E-state index is -0.215. The highest BCUT2D eigenvalue weighted by atomic mass is 16.5. The van der Waals surface area contributed by atoms with Gasteiger partial charge in [-0.05, 0) is 85.5 Å². The molecule has 5 atom stereocenters. The summed E-state index contributed by atoms with van der Waals surface area (Å²) < 4.78 is 12.1. The van der Waals surface area contributed by atoms with Gasteiger partial charge in [0.25, 0.3) is 0 Å². The third-order valence-corrected chi connectivity index (χ3v) is 9.40. The Kier molecular flexibility index (Phi) is 5.79. The van der Waals surface area contributed by atoms with Gasteiger partial charge in [-0.15, -0.1) is 0 Å². The highest BCUT2D eigenvalue weighted by Crippen LogP contribution is 2.67. The third kappa shape index (κ3) is 3.21. The fourth-order valence-electron chi connectivity index (χ4n) is 7.89. The van der Waals surface area contributed by atoms with Gasteiger partial charge in [0.15, 0.2) is 0 Å². The molecule has 2 saturated carbocycles. The number of hydrogen-bond donors (Lipinski definition) is 1. The molecule has 1 aromatic rings. The number of rotatable bonds is 5. The van der Waals surface area contributed by atoms with Crippen LogP contribution in [0.1, 0.15) is 75.3 Å². The molecule has 2 unspecified atom stereocenters. The molecular formula is C28H37NO3. The van der Waals surface area contributed by atoms with E-state index in [1.165, 1.54) is 50.3 Å². The second-order valence-electron chi connectivity index (χ2n) is 10.6. The van der Waals surface area contributed by atoms with Crippen LogP contribution in [0, 0.1) is 17.3 Å². The number of ether oxygens (including phenoxy) is 2. The first-order chi connectivity index (χ1) is 15.6. The van der Waals surface area contributed by atoms with Gasteiger partial charge in [0.05, 0.1) is 18.4 Å². The maximum Gasteiger partial charge on any atom is 0.0967 e. The van der Waals surface area contributed by atoms with Crippen LogP contribution in [-0.2, 0) is 9.47 Å². The molecule has 4 heteroatoms. The number of allylic oxidation sites excluding steroid dienone is 4. The lowest BCUT2D eigenvalue weighted by Crippen LogP contribution is -2.54. The lowest BCUT2D eigenvalue weighted by molar-refractivity contribution is -0.149. The molecule has 1 aromatic carbocycles. The van der Waals surface area contributed by atoms with E-state index < -0.39 is 0 Å². The Labute approximate surface area is 192 Å². The third-order valence-electron chi connectivity index (χ3n) is 9.40. The van der Waals surface area contributed by atoms with Gasteiger partial charge in [-0.25, -0.2) is 0 Å². The van der Waals surface area contributed by atoms with E-state index in [4.69, 9.17) is 14.7 Å². The van der Waals surface area contributed by atoms with Crippen LogP contribution < -0.4 is 0 Å². The Morgan fingerprint density at radius 3 is 2.69 bits per heavy atom. The predicted octanol–water partition coefficient (Wildman–Crippen LogP) is 6.25. The van der Waals surface area contributed by atoms with Crippen LogP contribution in [0.3, 0.4) is 0 Å². The van der Waals surface area contributed by atoms with E-state index in [0.29, 0.717) is 24.4 Å². The Bertz CT molecular complexity index is 946. The van der Waals surface area contributed by atoms with Gasteiger partial charge >= 0.3 is 0 Å². The maximum absolute atomic E-state index is 8.92. The summed E-state index contributed by atoms with van der Waals surface area (Å²) in [5.41, 5.74) is 7.23. The lowest BCUT2D eigenvalue weighted by Gasteiger charge is -2.55. The molecular weight excluding hydrogens is 398 g/mol. The van der Waals surface area contributed by atoms with Crippen LogP contribution in [0.4, 0.5) is 0 Å². The molecule has 1 N–H and O–H groups in total. The number of nitrogens with zero attached hydrogens (tertiary/aromatic N) is 1. The zero-order valence-corrected chi connectivity index (χ0v) is 19.8. The van der Waals surface area contributed by atoms with Crippen LogP contribution in [0.5, 0.6) is 0 Å². The fraction of sp³-hybridized carbons (Fsp3) is 0.607. The summed E-state index contributed by atoms with van der Waals surface area (Å²) >= 11 is 0. The molecule has 4 nitrogen and oxygen atoms in total. The average molecular weight is 436 g/mol. The lowest BCUT2D eigenvalue weighted by atomic mass is 9.51. The summed E-state index contributed by atoms with van der Waals surface area (Å²) in [6.07, 6.45) is 13.7. The van der Waals surface area contributed by atoms with Crippen LogP contribution in [0.15, 0.2) is 52.2 Å². The zero-order chi connectivity index (χ0) is 22.3. The van der Waals surface area contributed by atoms with Crippen molar-refractivity contribution in [2.24, 2.45) is 22.4 Å².